The molecule has 0 bridgehead atoms. The third-order valence-corrected chi connectivity index (χ3v) is 3.70. The fourth-order valence-corrected chi connectivity index (χ4v) is 2.77. The minimum atomic E-state index is -4.36. The van der Waals surface area contributed by atoms with Crippen LogP contribution in [0.4, 0.5) is 13.2 Å². The van der Waals surface area contributed by atoms with E-state index in [1.165, 1.54) is 12.8 Å². The SMILES string of the molecule is NC(=O)Cc1nc(CCC2CCCC2)n(CC(F)(F)F)n1. The van der Waals surface area contributed by atoms with Crippen LogP contribution in [-0.4, -0.2) is 26.8 Å². The lowest BCUT2D eigenvalue weighted by Gasteiger charge is -2.11. The first-order chi connectivity index (χ1) is 9.83. The second-order valence-corrected chi connectivity index (χ2v) is 5.55. The van der Waals surface area contributed by atoms with Crippen LogP contribution in [0, 0.1) is 5.92 Å². The van der Waals surface area contributed by atoms with E-state index < -0.39 is 18.6 Å². The Bertz CT molecular complexity index is 492. The molecule has 1 amide bonds. The quantitative estimate of drug-likeness (QED) is 0.873. The van der Waals surface area contributed by atoms with Crippen molar-refractivity contribution in [2.45, 2.75) is 57.7 Å². The highest BCUT2D eigenvalue weighted by atomic mass is 19.4. The Hall–Kier alpha value is -1.60. The van der Waals surface area contributed by atoms with Gasteiger partial charge in [0.25, 0.3) is 0 Å². The lowest BCUT2D eigenvalue weighted by Crippen LogP contribution is -2.21. The van der Waals surface area contributed by atoms with Gasteiger partial charge in [0.1, 0.15) is 12.4 Å². The maximum Gasteiger partial charge on any atom is 0.408 e. The number of halogens is 3. The van der Waals surface area contributed by atoms with Crippen LogP contribution in [0.2, 0.25) is 0 Å². The zero-order valence-electron chi connectivity index (χ0n) is 11.7. The van der Waals surface area contributed by atoms with Gasteiger partial charge in [-0.1, -0.05) is 25.7 Å². The van der Waals surface area contributed by atoms with Crippen molar-refractivity contribution in [1.29, 1.82) is 0 Å². The number of nitrogens with two attached hydrogens (primary N) is 1. The van der Waals surface area contributed by atoms with Gasteiger partial charge < -0.3 is 5.73 Å². The molecule has 2 rings (SSSR count). The summed E-state index contributed by atoms with van der Waals surface area (Å²) in [6, 6.07) is 0. The number of carbonyl (C=O) groups is 1. The van der Waals surface area contributed by atoms with Gasteiger partial charge in [0.2, 0.25) is 5.91 Å². The summed E-state index contributed by atoms with van der Waals surface area (Å²) in [5.74, 6) is 0.255. The topological polar surface area (TPSA) is 73.8 Å². The first kappa shape index (κ1) is 15.8. The lowest BCUT2D eigenvalue weighted by atomic mass is 10.0. The minimum Gasteiger partial charge on any atom is -0.369 e. The maximum absolute atomic E-state index is 12.6. The van der Waals surface area contributed by atoms with Crippen LogP contribution in [0.25, 0.3) is 0 Å². The van der Waals surface area contributed by atoms with Crippen LogP contribution in [0.1, 0.15) is 43.8 Å². The van der Waals surface area contributed by atoms with Gasteiger partial charge in [0.05, 0.1) is 6.42 Å². The Morgan fingerprint density at radius 1 is 1.33 bits per heavy atom. The van der Waals surface area contributed by atoms with Crippen molar-refractivity contribution in [3.05, 3.63) is 11.6 Å². The first-order valence-electron chi connectivity index (χ1n) is 7.11. The molecule has 1 aromatic rings. The number of aromatic nitrogens is 3. The van der Waals surface area contributed by atoms with Gasteiger partial charge in [-0.3, -0.25) is 4.79 Å². The summed E-state index contributed by atoms with van der Waals surface area (Å²) >= 11 is 0. The highest BCUT2D eigenvalue weighted by molar-refractivity contribution is 5.75. The van der Waals surface area contributed by atoms with E-state index in [2.05, 4.69) is 10.1 Å². The van der Waals surface area contributed by atoms with Gasteiger partial charge in [-0.15, -0.1) is 0 Å². The molecule has 1 saturated carbocycles. The zero-order chi connectivity index (χ0) is 15.5. The van der Waals surface area contributed by atoms with E-state index in [0.717, 1.165) is 23.9 Å². The Labute approximate surface area is 120 Å². The molecule has 1 heterocycles. The molecule has 2 N–H and O–H groups in total. The van der Waals surface area contributed by atoms with Gasteiger partial charge in [0, 0.05) is 6.42 Å². The van der Waals surface area contributed by atoms with Crippen LogP contribution < -0.4 is 5.73 Å². The summed E-state index contributed by atoms with van der Waals surface area (Å²) < 4.78 is 38.5. The largest absolute Gasteiger partial charge is 0.408 e. The highest BCUT2D eigenvalue weighted by Gasteiger charge is 2.30. The smallest absolute Gasteiger partial charge is 0.369 e. The molecule has 0 aromatic carbocycles. The average molecular weight is 304 g/mol. The molecular weight excluding hydrogens is 285 g/mol. The first-order valence-corrected chi connectivity index (χ1v) is 7.11. The van der Waals surface area contributed by atoms with Crippen molar-refractivity contribution in [2.24, 2.45) is 11.7 Å². The minimum absolute atomic E-state index is 0.0631. The van der Waals surface area contributed by atoms with Crippen molar-refractivity contribution in [2.75, 3.05) is 0 Å². The van der Waals surface area contributed by atoms with Crippen molar-refractivity contribution in [3.8, 4) is 0 Å². The fraction of sp³-hybridized carbons (Fsp3) is 0.769. The second-order valence-electron chi connectivity index (χ2n) is 5.55. The molecule has 21 heavy (non-hydrogen) atoms. The number of amides is 1. The number of alkyl halides is 3. The summed E-state index contributed by atoms with van der Waals surface area (Å²) in [5.41, 5.74) is 5.03. The molecule has 1 aliphatic carbocycles. The number of hydrogen-bond donors (Lipinski definition) is 1. The van der Waals surface area contributed by atoms with E-state index >= 15 is 0 Å². The van der Waals surface area contributed by atoms with Gasteiger partial charge in [-0.05, 0) is 12.3 Å². The third kappa shape index (κ3) is 5.02. The summed E-state index contributed by atoms with van der Waals surface area (Å²) in [6.45, 7) is -1.18. The van der Waals surface area contributed by atoms with E-state index in [1.807, 2.05) is 0 Å². The molecule has 1 aromatic heterocycles. The summed E-state index contributed by atoms with van der Waals surface area (Å²) in [6.07, 6.45) is 1.29. The lowest BCUT2D eigenvalue weighted by molar-refractivity contribution is -0.143. The average Bonchev–Trinajstić information content (AvgIpc) is 2.93. The van der Waals surface area contributed by atoms with Gasteiger partial charge in [-0.2, -0.15) is 18.3 Å². The summed E-state index contributed by atoms with van der Waals surface area (Å²) in [4.78, 5) is 14.9. The van der Waals surface area contributed by atoms with Crippen LogP contribution in [-0.2, 0) is 24.2 Å². The summed E-state index contributed by atoms with van der Waals surface area (Å²) in [5, 5.41) is 3.77. The molecule has 0 spiro atoms. The molecule has 0 atom stereocenters. The fourth-order valence-electron chi connectivity index (χ4n) is 2.77. The number of primary amides is 1. The standard InChI is InChI=1S/C13H19F3N4O/c14-13(15,16)8-20-12(6-5-9-3-1-2-4-9)18-11(19-20)7-10(17)21/h9H,1-8H2,(H2,17,21). The van der Waals surface area contributed by atoms with Crippen LogP contribution in [0.15, 0.2) is 0 Å². The van der Waals surface area contributed by atoms with E-state index in [4.69, 9.17) is 5.73 Å². The molecule has 0 radical (unpaired) electrons. The molecular formula is C13H19F3N4O. The number of aryl methyl sites for hydroxylation is 1. The van der Waals surface area contributed by atoms with Crippen LogP contribution in [0.3, 0.4) is 0 Å². The Kier molecular flexibility index (Phi) is 4.84. The molecule has 0 saturated heterocycles. The number of nitrogens with zero attached hydrogens (tertiary/aromatic N) is 3. The maximum atomic E-state index is 12.6. The van der Waals surface area contributed by atoms with E-state index in [1.54, 1.807) is 0 Å². The van der Waals surface area contributed by atoms with E-state index in [0.29, 0.717) is 12.3 Å². The molecule has 0 aliphatic heterocycles. The predicted molar refractivity (Wildman–Crippen MR) is 69.3 cm³/mol. The van der Waals surface area contributed by atoms with Gasteiger partial charge in [-0.25, -0.2) is 9.67 Å². The van der Waals surface area contributed by atoms with Crippen molar-refractivity contribution in [1.82, 2.24) is 14.8 Å². The Morgan fingerprint density at radius 2 is 2.00 bits per heavy atom. The molecule has 1 aliphatic rings. The Morgan fingerprint density at radius 3 is 2.57 bits per heavy atom. The number of rotatable bonds is 6. The number of carbonyl (C=O) groups excluding carboxylic acids is 1. The van der Waals surface area contributed by atoms with Crippen molar-refractivity contribution >= 4 is 5.91 Å². The highest BCUT2D eigenvalue weighted by Crippen LogP contribution is 2.28. The van der Waals surface area contributed by atoms with Crippen LogP contribution in [0.5, 0.6) is 0 Å². The van der Waals surface area contributed by atoms with Crippen molar-refractivity contribution < 1.29 is 18.0 Å². The Balaban J connectivity index is 2.07. The summed E-state index contributed by atoms with van der Waals surface area (Å²) in [7, 11) is 0. The van der Waals surface area contributed by atoms with Crippen LogP contribution >= 0.6 is 0 Å². The monoisotopic (exact) mass is 304 g/mol. The third-order valence-electron chi connectivity index (χ3n) is 3.70. The van der Waals surface area contributed by atoms with Crippen molar-refractivity contribution in [3.63, 3.8) is 0 Å². The van der Waals surface area contributed by atoms with Gasteiger partial charge >= 0.3 is 6.18 Å². The van der Waals surface area contributed by atoms with E-state index in [9.17, 15) is 18.0 Å². The van der Waals surface area contributed by atoms with Gasteiger partial charge in [0.15, 0.2) is 5.82 Å². The molecule has 0 unspecified atom stereocenters. The van der Waals surface area contributed by atoms with E-state index in [-0.39, 0.29) is 18.1 Å². The zero-order valence-corrected chi connectivity index (χ0v) is 11.7. The number of hydrogen-bond acceptors (Lipinski definition) is 3. The molecule has 1 fully saturated rings. The predicted octanol–water partition coefficient (Wildman–Crippen LogP) is 1.99. The molecule has 5 nitrogen and oxygen atoms in total. The second kappa shape index (κ2) is 6.44. The molecule has 118 valence electrons. The normalized spacial score (nSPS) is 16.5. The molecule has 8 heteroatoms.